The standard InChI is InChI=1S/C11H14OS/c1-3-7-11(2,12)8-6-10-5-4-9-13-10/h3-6,8-9,12H,1,7H2,2H3/b8-6+. The summed E-state index contributed by atoms with van der Waals surface area (Å²) in [5.41, 5.74) is -0.772. The summed E-state index contributed by atoms with van der Waals surface area (Å²) in [5, 5.41) is 11.8. The number of hydrogen-bond acceptors (Lipinski definition) is 2. The topological polar surface area (TPSA) is 20.2 Å². The molecule has 0 aliphatic heterocycles. The van der Waals surface area contributed by atoms with Crippen LogP contribution in [-0.2, 0) is 0 Å². The minimum absolute atomic E-state index is 0.578. The fraction of sp³-hybridized carbons (Fsp3) is 0.273. The first-order chi connectivity index (χ1) is 6.14. The van der Waals surface area contributed by atoms with Crippen molar-refractivity contribution in [2.24, 2.45) is 0 Å². The molecule has 1 aromatic heterocycles. The van der Waals surface area contributed by atoms with Crippen molar-refractivity contribution in [3.05, 3.63) is 41.1 Å². The summed E-state index contributed by atoms with van der Waals surface area (Å²) < 4.78 is 0. The molecule has 0 spiro atoms. The highest BCUT2D eigenvalue weighted by atomic mass is 32.1. The summed E-state index contributed by atoms with van der Waals surface area (Å²) in [6.07, 6.45) is 6.04. The quantitative estimate of drug-likeness (QED) is 0.730. The zero-order valence-corrected chi connectivity index (χ0v) is 8.55. The molecule has 1 N–H and O–H groups in total. The van der Waals surface area contributed by atoms with E-state index in [1.54, 1.807) is 30.4 Å². The molecule has 2 heteroatoms. The van der Waals surface area contributed by atoms with Gasteiger partial charge in [-0.1, -0.05) is 18.2 Å². The molecule has 1 nitrogen and oxygen atoms in total. The van der Waals surface area contributed by atoms with Gasteiger partial charge in [0.15, 0.2) is 0 Å². The fourth-order valence-electron chi connectivity index (χ4n) is 1.01. The highest BCUT2D eigenvalue weighted by Crippen LogP contribution is 2.16. The number of rotatable bonds is 4. The lowest BCUT2D eigenvalue weighted by Gasteiger charge is -2.15. The first kappa shape index (κ1) is 10.2. The summed E-state index contributed by atoms with van der Waals surface area (Å²) in [7, 11) is 0. The molecule has 70 valence electrons. The Bertz CT molecular complexity index is 283. The minimum Gasteiger partial charge on any atom is -0.386 e. The van der Waals surface area contributed by atoms with Crippen LogP contribution < -0.4 is 0 Å². The summed E-state index contributed by atoms with van der Waals surface area (Å²) in [6.45, 7) is 5.38. The van der Waals surface area contributed by atoms with Gasteiger partial charge in [-0.3, -0.25) is 0 Å². The Morgan fingerprint density at radius 1 is 1.69 bits per heavy atom. The normalized spacial score (nSPS) is 15.8. The lowest BCUT2D eigenvalue weighted by atomic mass is 10.0. The zero-order chi connectivity index (χ0) is 9.73. The minimum atomic E-state index is -0.772. The highest BCUT2D eigenvalue weighted by Gasteiger charge is 2.12. The van der Waals surface area contributed by atoms with Gasteiger partial charge in [0.2, 0.25) is 0 Å². The Hall–Kier alpha value is -0.860. The second kappa shape index (κ2) is 4.40. The molecule has 0 amide bonds. The van der Waals surface area contributed by atoms with Gasteiger partial charge < -0.3 is 5.11 Å². The largest absolute Gasteiger partial charge is 0.386 e. The van der Waals surface area contributed by atoms with E-state index in [0.29, 0.717) is 6.42 Å². The smallest absolute Gasteiger partial charge is 0.0837 e. The first-order valence-corrected chi connectivity index (χ1v) is 5.08. The van der Waals surface area contributed by atoms with Crippen LogP contribution in [0.25, 0.3) is 6.08 Å². The molecule has 0 aliphatic rings. The van der Waals surface area contributed by atoms with Crippen LogP contribution in [0.15, 0.2) is 36.2 Å². The van der Waals surface area contributed by atoms with Gasteiger partial charge in [-0.15, -0.1) is 17.9 Å². The molecule has 1 rings (SSSR count). The lowest BCUT2D eigenvalue weighted by molar-refractivity contribution is 0.116. The van der Waals surface area contributed by atoms with Crippen molar-refractivity contribution in [1.82, 2.24) is 0 Å². The maximum atomic E-state index is 9.76. The maximum Gasteiger partial charge on any atom is 0.0837 e. The van der Waals surface area contributed by atoms with Crippen molar-refractivity contribution in [3.63, 3.8) is 0 Å². The van der Waals surface area contributed by atoms with E-state index in [0.717, 1.165) is 4.88 Å². The predicted octanol–water partition coefficient (Wildman–Crippen LogP) is 3.09. The van der Waals surface area contributed by atoms with Crippen LogP contribution in [0.4, 0.5) is 0 Å². The highest BCUT2D eigenvalue weighted by molar-refractivity contribution is 7.10. The molecule has 0 bridgehead atoms. The molecular weight excluding hydrogens is 180 g/mol. The van der Waals surface area contributed by atoms with Crippen LogP contribution >= 0.6 is 11.3 Å². The van der Waals surface area contributed by atoms with Crippen molar-refractivity contribution < 1.29 is 5.11 Å². The molecular formula is C11H14OS. The number of hydrogen-bond donors (Lipinski definition) is 1. The molecule has 0 aliphatic carbocycles. The van der Waals surface area contributed by atoms with Crippen molar-refractivity contribution in [1.29, 1.82) is 0 Å². The van der Waals surface area contributed by atoms with Crippen molar-refractivity contribution in [3.8, 4) is 0 Å². The molecule has 1 unspecified atom stereocenters. The Morgan fingerprint density at radius 2 is 2.46 bits per heavy atom. The maximum absolute atomic E-state index is 9.76. The average Bonchev–Trinajstić information content (AvgIpc) is 2.52. The summed E-state index contributed by atoms with van der Waals surface area (Å²) in [5.74, 6) is 0. The summed E-state index contributed by atoms with van der Waals surface area (Å²) >= 11 is 1.66. The van der Waals surface area contributed by atoms with Crippen LogP contribution in [0.1, 0.15) is 18.2 Å². The van der Waals surface area contributed by atoms with E-state index < -0.39 is 5.60 Å². The van der Waals surface area contributed by atoms with Gasteiger partial charge in [-0.25, -0.2) is 0 Å². The average molecular weight is 194 g/mol. The Labute approximate surface area is 83.0 Å². The third kappa shape index (κ3) is 3.57. The van der Waals surface area contributed by atoms with Crippen LogP contribution in [-0.4, -0.2) is 10.7 Å². The molecule has 13 heavy (non-hydrogen) atoms. The molecule has 0 radical (unpaired) electrons. The van der Waals surface area contributed by atoms with E-state index in [2.05, 4.69) is 6.58 Å². The predicted molar refractivity (Wildman–Crippen MR) is 58.8 cm³/mol. The van der Waals surface area contributed by atoms with Crippen LogP contribution in [0.2, 0.25) is 0 Å². The Morgan fingerprint density at radius 3 is 3.00 bits per heavy atom. The van der Waals surface area contributed by atoms with Gasteiger partial charge in [0.25, 0.3) is 0 Å². The van der Waals surface area contributed by atoms with Gasteiger partial charge in [-0.05, 0) is 30.9 Å². The monoisotopic (exact) mass is 194 g/mol. The van der Waals surface area contributed by atoms with Crippen molar-refractivity contribution >= 4 is 17.4 Å². The molecule has 0 saturated carbocycles. The Balaban J connectivity index is 2.61. The SMILES string of the molecule is C=CCC(C)(O)/C=C/c1cccs1. The molecule has 1 atom stereocenters. The number of aliphatic hydroxyl groups is 1. The van der Waals surface area contributed by atoms with E-state index in [-0.39, 0.29) is 0 Å². The lowest BCUT2D eigenvalue weighted by Crippen LogP contribution is -2.18. The first-order valence-electron chi connectivity index (χ1n) is 4.20. The second-order valence-electron chi connectivity index (χ2n) is 3.20. The van der Waals surface area contributed by atoms with Gasteiger partial charge in [0.1, 0.15) is 0 Å². The Kier molecular flexibility index (Phi) is 3.46. The van der Waals surface area contributed by atoms with Gasteiger partial charge in [-0.2, -0.15) is 0 Å². The molecule has 1 aromatic rings. The molecule has 1 heterocycles. The zero-order valence-electron chi connectivity index (χ0n) is 7.73. The van der Waals surface area contributed by atoms with Crippen molar-refractivity contribution in [2.45, 2.75) is 18.9 Å². The summed E-state index contributed by atoms with van der Waals surface area (Å²) in [4.78, 5) is 1.16. The van der Waals surface area contributed by atoms with Crippen LogP contribution in [0.5, 0.6) is 0 Å². The van der Waals surface area contributed by atoms with E-state index in [1.807, 2.05) is 23.6 Å². The van der Waals surface area contributed by atoms with Gasteiger partial charge in [0.05, 0.1) is 5.60 Å². The molecule has 0 aromatic carbocycles. The van der Waals surface area contributed by atoms with E-state index in [4.69, 9.17) is 0 Å². The molecule has 0 saturated heterocycles. The third-order valence-corrected chi connectivity index (χ3v) is 2.54. The third-order valence-electron chi connectivity index (χ3n) is 1.71. The van der Waals surface area contributed by atoms with Gasteiger partial charge in [0, 0.05) is 4.88 Å². The van der Waals surface area contributed by atoms with Crippen LogP contribution in [0, 0.1) is 0 Å². The van der Waals surface area contributed by atoms with Gasteiger partial charge >= 0.3 is 0 Å². The number of thiophene rings is 1. The van der Waals surface area contributed by atoms with E-state index in [1.165, 1.54) is 0 Å². The van der Waals surface area contributed by atoms with E-state index >= 15 is 0 Å². The molecule has 0 fully saturated rings. The van der Waals surface area contributed by atoms with Crippen LogP contribution in [0.3, 0.4) is 0 Å². The summed E-state index contributed by atoms with van der Waals surface area (Å²) in [6, 6.07) is 4.01. The van der Waals surface area contributed by atoms with Crippen molar-refractivity contribution in [2.75, 3.05) is 0 Å². The second-order valence-corrected chi connectivity index (χ2v) is 4.18. The van der Waals surface area contributed by atoms with E-state index in [9.17, 15) is 5.11 Å². The fourth-order valence-corrected chi connectivity index (χ4v) is 1.63.